The normalized spacial score (nSPS) is 11.2. The number of methoxy groups -OCH3 is 1. The lowest BCUT2D eigenvalue weighted by atomic mass is 10.3. The number of nitrogens with one attached hydrogen (secondary N) is 1. The van der Waals surface area contributed by atoms with E-state index in [-0.39, 0.29) is 5.82 Å². The van der Waals surface area contributed by atoms with Gasteiger partial charge in [0.1, 0.15) is 11.3 Å². The highest BCUT2D eigenvalue weighted by Gasteiger charge is 2.17. The van der Waals surface area contributed by atoms with Crippen molar-refractivity contribution in [2.24, 2.45) is 0 Å². The fourth-order valence-corrected chi connectivity index (χ4v) is 3.44. The minimum atomic E-state index is -0.430. The smallest absolute Gasteiger partial charge is 0.297 e. The van der Waals surface area contributed by atoms with Crippen LogP contribution in [-0.4, -0.2) is 37.6 Å². The summed E-state index contributed by atoms with van der Waals surface area (Å²) in [6.07, 6.45) is 0. The third kappa shape index (κ3) is 2.68. The SMILES string of the molecule is COc1cccc2sc(NC(=O)c3nc4nc(C)cc(C)n4n3)nc12. The largest absolute Gasteiger partial charge is 0.494 e. The third-order valence-corrected chi connectivity index (χ3v) is 4.58. The molecule has 1 aromatic carbocycles. The Hall–Kier alpha value is -3.07. The number of hydrogen-bond donors (Lipinski definition) is 1. The second-order valence-corrected chi connectivity index (χ2v) is 6.50. The van der Waals surface area contributed by atoms with E-state index >= 15 is 0 Å². The van der Waals surface area contributed by atoms with Crippen LogP contribution < -0.4 is 10.1 Å². The third-order valence-electron chi connectivity index (χ3n) is 3.64. The van der Waals surface area contributed by atoms with Crippen LogP contribution in [0.5, 0.6) is 5.75 Å². The van der Waals surface area contributed by atoms with Gasteiger partial charge in [-0.25, -0.2) is 14.5 Å². The Morgan fingerprint density at radius 2 is 2.08 bits per heavy atom. The van der Waals surface area contributed by atoms with Crippen molar-refractivity contribution in [2.45, 2.75) is 13.8 Å². The van der Waals surface area contributed by atoms with Gasteiger partial charge in [0.2, 0.25) is 5.82 Å². The van der Waals surface area contributed by atoms with Crippen molar-refractivity contribution in [3.05, 3.63) is 41.5 Å². The number of hydrogen-bond acceptors (Lipinski definition) is 7. The maximum atomic E-state index is 12.5. The standard InChI is InChI=1S/C16H14N6O2S/c1-8-7-9(2)22-15(17-8)19-13(21-22)14(23)20-16-18-12-10(24-3)5-4-6-11(12)25-16/h4-7H,1-3H3,(H,18,20,23). The quantitative estimate of drug-likeness (QED) is 0.608. The minimum absolute atomic E-state index is 0.0485. The van der Waals surface area contributed by atoms with Gasteiger partial charge in [0, 0.05) is 11.4 Å². The molecule has 0 unspecified atom stereocenters. The Bertz CT molecular complexity index is 1120. The van der Waals surface area contributed by atoms with Gasteiger partial charge in [0.15, 0.2) is 5.13 Å². The van der Waals surface area contributed by atoms with Gasteiger partial charge < -0.3 is 4.74 Å². The van der Waals surface area contributed by atoms with Crippen LogP contribution in [0.15, 0.2) is 24.3 Å². The number of benzene rings is 1. The molecular formula is C16H14N6O2S. The van der Waals surface area contributed by atoms with Gasteiger partial charge in [-0.1, -0.05) is 17.4 Å². The molecule has 0 aliphatic rings. The van der Waals surface area contributed by atoms with Gasteiger partial charge in [-0.15, -0.1) is 5.10 Å². The molecule has 4 rings (SSSR count). The van der Waals surface area contributed by atoms with Crippen molar-refractivity contribution < 1.29 is 9.53 Å². The number of ether oxygens (including phenoxy) is 1. The summed E-state index contributed by atoms with van der Waals surface area (Å²) < 4.78 is 7.76. The van der Waals surface area contributed by atoms with E-state index in [2.05, 4.69) is 25.4 Å². The van der Waals surface area contributed by atoms with Crippen LogP contribution in [0.1, 0.15) is 22.0 Å². The number of carbonyl (C=O) groups is 1. The predicted octanol–water partition coefficient (Wildman–Crippen LogP) is 2.61. The molecule has 0 saturated heterocycles. The Balaban J connectivity index is 1.67. The summed E-state index contributed by atoms with van der Waals surface area (Å²) >= 11 is 1.36. The highest BCUT2D eigenvalue weighted by atomic mass is 32.1. The van der Waals surface area contributed by atoms with E-state index in [0.717, 1.165) is 16.1 Å². The fourth-order valence-electron chi connectivity index (χ4n) is 2.56. The topological polar surface area (TPSA) is 94.3 Å². The zero-order valence-electron chi connectivity index (χ0n) is 13.8. The van der Waals surface area contributed by atoms with E-state index in [1.807, 2.05) is 38.1 Å². The lowest BCUT2D eigenvalue weighted by molar-refractivity contribution is 0.101. The molecular weight excluding hydrogens is 340 g/mol. The molecule has 0 spiro atoms. The van der Waals surface area contributed by atoms with E-state index in [4.69, 9.17) is 4.74 Å². The van der Waals surface area contributed by atoms with E-state index in [9.17, 15) is 4.79 Å². The molecule has 0 fully saturated rings. The zero-order chi connectivity index (χ0) is 17.6. The van der Waals surface area contributed by atoms with E-state index in [0.29, 0.717) is 22.2 Å². The Morgan fingerprint density at radius 1 is 1.24 bits per heavy atom. The number of para-hydroxylation sites is 1. The van der Waals surface area contributed by atoms with Gasteiger partial charge in [-0.3, -0.25) is 10.1 Å². The van der Waals surface area contributed by atoms with Crippen LogP contribution in [0.3, 0.4) is 0 Å². The van der Waals surface area contributed by atoms with Crippen molar-refractivity contribution >= 4 is 38.4 Å². The lowest BCUT2D eigenvalue weighted by Crippen LogP contribution is -2.13. The Labute approximate surface area is 146 Å². The molecule has 1 amide bonds. The summed E-state index contributed by atoms with van der Waals surface area (Å²) in [6, 6.07) is 7.51. The summed E-state index contributed by atoms with van der Waals surface area (Å²) in [5.74, 6) is 0.678. The van der Waals surface area contributed by atoms with Crippen LogP contribution in [0.2, 0.25) is 0 Å². The Morgan fingerprint density at radius 3 is 2.88 bits per heavy atom. The van der Waals surface area contributed by atoms with Crippen molar-refractivity contribution in [2.75, 3.05) is 12.4 Å². The van der Waals surface area contributed by atoms with Crippen molar-refractivity contribution in [3.63, 3.8) is 0 Å². The molecule has 0 aliphatic heterocycles. The molecule has 25 heavy (non-hydrogen) atoms. The number of anilines is 1. The minimum Gasteiger partial charge on any atom is -0.494 e. The molecule has 3 heterocycles. The van der Waals surface area contributed by atoms with E-state index in [1.165, 1.54) is 11.3 Å². The number of aromatic nitrogens is 5. The Kier molecular flexibility index (Phi) is 3.57. The van der Waals surface area contributed by atoms with Gasteiger partial charge in [-0.05, 0) is 32.0 Å². The molecule has 126 valence electrons. The molecule has 0 radical (unpaired) electrons. The van der Waals surface area contributed by atoms with Crippen LogP contribution in [-0.2, 0) is 0 Å². The number of fused-ring (bicyclic) bond motifs is 2. The highest BCUT2D eigenvalue weighted by Crippen LogP contribution is 2.32. The number of rotatable bonds is 3. The molecule has 3 aromatic heterocycles. The number of carbonyl (C=O) groups excluding carboxylic acids is 1. The maximum Gasteiger partial charge on any atom is 0.297 e. The molecule has 8 nitrogen and oxygen atoms in total. The summed E-state index contributed by atoms with van der Waals surface area (Å²) in [4.78, 5) is 25.4. The summed E-state index contributed by atoms with van der Waals surface area (Å²) in [5, 5.41) is 7.42. The highest BCUT2D eigenvalue weighted by molar-refractivity contribution is 7.22. The average Bonchev–Trinajstić information content (AvgIpc) is 3.17. The number of aryl methyl sites for hydroxylation is 2. The summed E-state index contributed by atoms with van der Waals surface area (Å²) in [5.41, 5.74) is 2.39. The van der Waals surface area contributed by atoms with Gasteiger partial charge in [0.05, 0.1) is 11.8 Å². The van der Waals surface area contributed by atoms with Crippen LogP contribution >= 0.6 is 11.3 Å². The fraction of sp³-hybridized carbons (Fsp3) is 0.188. The molecule has 9 heteroatoms. The number of nitrogens with zero attached hydrogens (tertiary/aromatic N) is 5. The van der Waals surface area contributed by atoms with Gasteiger partial charge in [-0.2, -0.15) is 4.98 Å². The summed E-state index contributed by atoms with van der Waals surface area (Å²) in [7, 11) is 1.59. The predicted molar refractivity (Wildman–Crippen MR) is 94.4 cm³/mol. The molecule has 4 aromatic rings. The first-order valence-electron chi connectivity index (χ1n) is 7.51. The number of amides is 1. The molecule has 0 aliphatic carbocycles. The first-order chi connectivity index (χ1) is 12.0. The maximum absolute atomic E-state index is 12.5. The lowest BCUT2D eigenvalue weighted by Gasteiger charge is -1.98. The van der Waals surface area contributed by atoms with Crippen LogP contribution in [0, 0.1) is 13.8 Å². The van der Waals surface area contributed by atoms with Crippen LogP contribution in [0.25, 0.3) is 16.0 Å². The van der Waals surface area contributed by atoms with Crippen LogP contribution in [0.4, 0.5) is 5.13 Å². The summed E-state index contributed by atoms with van der Waals surface area (Å²) in [6.45, 7) is 3.76. The second kappa shape index (κ2) is 5.78. The first-order valence-corrected chi connectivity index (χ1v) is 8.33. The van der Waals surface area contributed by atoms with Gasteiger partial charge in [0.25, 0.3) is 11.7 Å². The van der Waals surface area contributed by atoms with E-state index < -0.39 is 5.91 Å². The molecule has 1 N–H and O–H groups in total. The zero-order valence-corrected chi connectivity index (χ0v) is 14.6. The monoisotopic (exact) mass is 354 g/mol. The van der Waals surface area contributed by atoms with E-state index in [1.54, 1.807) is 11.6 Å². The van der Waals surface area contributed by atoms with Crippen molar-refractivity contribution in [1.29, 1.82) is 0 Å². The molecule has 0 saturated carbocycles. The number of thiazole rings is 1. The second-order valence-electron chi connectivity index (χ2n) is 5.47. The van der Waals surface area contributed by atoms with Gasteiger partial charge >= 0.3 is 0 Å². The average molecular weight is 354 g/mol. The van der Waals surface area contributed by atoms with Crippen molar-refractivity contribution in [3.8, 4) is 5.75 Å². The molecule has 0 bridgehead atoms. The first kappa shape index (κ1) is 15.5. The van der Waals surface area contributed by atoms with Crippen molar-refractivity contribution in [1.82, 2.24) is 24.6 Å². The molecule has 0 atom stereocenters.